The summed E-state index contributed by atoms with van der Waals surface area (Å²) in [5, 5.41) is 3.42. The lowest BCUT2D eigenvalue weighted by Crippen LogP contribution is -2.20. The molecule has 0 amide bonds. The van der Waals surface area contributed by atoms with Gasteiger partial charge in [-0.2, -0.15) is 0 Å². The molecule has 1 atom stereocenters. The minimum atomic E-state index is 0.120. The molecule has 3 N–H and O–H groups in total. The second kappa shape index (κ2) is 6.94. The lowest BCUT2D eigenvalue weighted by atomic mass is 10.1. The number of hydrogen-bond donors (Lipinski definition) is 2. The Kier molecular flexibility index (Phi) is 4.94. The van der Waals surface area contributed by atoms with Crippen LogP contribution in [0.25, 0.3) is 0 Å². The molecule has 0 saturated carbocycles. The van der Waals surface area contributed by atoms with E-state index in [0.717, 1.165) is 19.5 Å². The van der Waals surface area contributed by atoms with Gasteiger partial charge < -0.3 is 11.1 Å². The van der Waals surface area contributed by atoms with Crippen LogP contribution in [0.4, 0.5) is 0 Å². The second-order valence-corrected chi connectivity index (χ2v) is 4.47. The van der Waals surface area contributed by atoms with E-state index in [1.54, 1.807) is 0 Å². The maximum Gasteiger partial charge on any atom is 0.0306 e. The van der Waals surface area contributed by atoms with Crippen molar-refractivity contribution in [2.45, 2.75) is 19.0 Å². The van der Waals surface area contributed by atoms with Crippen LogP contribution in [0, 0.1) is 0 Å². The fourth-order valence-corrected chi connectivity index (χ4v) is 1.95. The van der Waals surface area contributed by atoms with E-state index in [0.29, 0.717) is 0 Å². The van der Waals surface area contributed by atoms with Gasteiger partial charge in [-0.05, 0) is 24.1 Å². The molecule has 0 spiro atoms. The Morgan fingerprint density at radius 3 is 2.17 bits per heavy atom. The SMILES string of the molecule is NC(CCNCc1ccccc1)c1ccccc1. The van der Waals surface area contributed by atoms with Crippen molar-refractivity contribution in [3.8, 4) is 0 Å². The van der Waals surface area contributed by atoms with Gasteiger partial charge in [0, 0.05) is 12.6 Å². The highest BCUT2D eigenvalue weighted by atomic mass is 14.9. The zero-order valence-electron chi connectivity index (χ0n) is 10.5. The Hall–Kier alpha value is -1.64. The largest absolute Gasteiger partial charge is 0.324 e. The Morgan fingerprint density at radius 1 is 0.889 bits per heavy atom. The van der Waals surface area contributed by atoms with Crippen LogP contribution in [0.2, 0.25) is 0 Å². The standard InChI is InChI=1S/C16H20N2/c17-16(15-9-5-2-6-10-15)11-12-18-13-14-7-3-1-4-8-14/h1-10,16,18H,11-13,17H2. The fourth-order valence-electron chi connectivity index (χ4n) is 1.95. The topological polar surface area (TPSA) is 38.0 Å². The number of nitrogens with one attached hydrogen (secondary N) is 1. The van der Waals surface area contributed by atoms with E-state index in [-0.39, 0.29) is 6.04 Å². The third-order valence-corrected chi connectivity index (χ3v) is 3.03. The molecule has 0 bridgehead atoms. The van der Waals surface area contributed by atoms with Crippen molar-refractivity contribution >= 4 is 0 Å². The lowest BCUT2D eigenvalue weighted by molar-refractivity contribution is 0.580. The van der Waals surface area contributed by atoms with Gasteiger partial charge in [-0.25, -0.2) is 0 Å². The molecule has 18 heavy (non-hydrogen) atoms. The first-order chi connectivity index (χ1) is 8.86. The van der Waals surface area contributed by atoms with Crippen LogP contribution in [0.15, 0.2) is 60.7 Å². The molecule has 1 unspecified atom stereocenters. The van der Waals surface area contributed by atoms with Gasteiger partial charge in [0.15, 0.2) is 0 Å². The van der Waals surface area contributed by atoms with Gasteiger partial charge in [-0.3, -0.25) is 0 Å². The Labute approximate surface area is 109 Å². The Bertz CT molecular complexity index is 439. The molecule has 0 heterocycles. The van der Waals surface area contributed by atoms with Crippen LogP contribution >= 0.6 is 0 Å². The summed E-state index contributed by atoms with van der Waals surface area (Å²) >= 11 is 0. The van der Waals surface area contributed by atoms with E-state index in [1.165, 1.54) is 11.1 Å². The summed E-state index contributed by atoms with van der Waals surface area (Å²) in [7, 11) is 0. The first kappa shape index (κ1) is 12.8. The zero-order valence-corrected chi connectivity index (χ0v) is 10.5. The van der Waals surface area contributed by atoms with Crippen LogP contribution in [-0.4, -0.2) is 6.54 Å². The van der Waals surface area contributed by atoms with Crippen LogP contribution in [0.1, 0.15) is 23.6 Å². The first-order valence-electron chi connectivity index (χ1n) is 6.41. The molecule has 0 aliphatic rings. The molecule has 94 valence electrons. The van der Waals surface area contributed by atoms with Crippen molar-refractivity contribution in [2.24, 2.45) is 5.73 Å². The molecule has 0 radical (unpaired) electrons. The fraction of sp³-hybridized carbons (Fsp3) is 0.250. The van der Waals surface area contributed by atoms with E-state index < -0.39 is 0 Å². The average Bonchev–Trinajstić information content (AvgIpc) is 2.45. The van der Waals surface area contributed by atoms with Gasteiger partial charge in [0.05, 0.1) is 0 Å². The molecule has 0 aromatic heterocycles. The van der Waals surface area contributed by atoms with Gasteiger partial charge >= 0.3 is 0 Å². The summed E-state index contributed by atoms with van der Waals surface area (Å²) in [5.41, 5.74) is 8.65. The number of rotatable bonds is 6. The van der Waals surface area contributed by atoms with Gasteiger partial charge in [0.25, 0.3) is 0 Å². The Balaban J connectivity index is 1.70. The highest BCUT2D eigenvalue weighted by molar-refractivity contribution is 5.18. The summed E-state index contributed by atoms with van der Waals surface area (Å²) in [5.74, 6) is 0. The summed E-state index contributed by atoms with van der Waals surface area (Å²) in [6, 6.07) is 20.8. The van der Waals surface area contributed by atoms with Crippen molar-refractivity contribution < 1.29 is 0 Å². The average molecular weight is 240 g/mol. The molecular weight excluding hydrogens is 220 g/mol. The van der Waals surface area contributed by atoms with Crippen LogP contribution in [0.5, 0.6) is 0 Å². The molecule has 2 rings (SSSR count). The van der Waals surface area contributed by atoms with Crippen molar-refractivity contribution in [3.05, 3.63) is 71.8 Å². The molecule has 0 fully saturated rings. The molecule has 0 saturated heterocycles. The predicted molar refractivity (Wildman–Crippen MR) is 76.1 cm³/mol. The van der Waals surface area contributed by atoms with Gasteiger partial charge in [-0.15, -0.1) is 0 Å². The summed E-state index contributed by atoms with van der Waals surface area (Å²) < 4.78 is 0. The zero-order chi connectivity index (χ0) is 12.6. The van der Waals surface area contributed by atoms with Crippen molar-refractivity contribution in [2.75, 3.05) is 6.54 Å². The predicted octanol–water partition coefficient (Wildman–Crippen LogP) is 2.87. The molecule has 0 aliphatic heterocycles. The molecule has 2 nitrogen and oxygen atoms in total. The maximum absolute atomic E-state index is 6.13. The van der Waals surface area contributed by atoms with Gasteiger partial charge in [0.2, 0.25) is 0 Å². The highest BCUT2D eigenvalue weighted by Gasteiger charge is 2.03. The Morgan fingerprint density at radius 2 is 1.50 bits per heavy atom. The van der Waals surface area contributed by atoms with Crippen LogP contribution in [-0.2, 0) is 6.54 Å². The van der Waals surface area contributed by atoms with E-state index in [1.807, 2.05) is 24.3 Å². The monoisotopic (exact) mass is 240 g/mol. The summed E-state index contributed by atoms with van der Waals surface area (Å²) in [6.45, 7) is 1.84. The van der Waals surface area contributed by atoms with E-state index in [4.69, 9.17) is 5.73 Å². The van der Waals surface area contributed by atoms with Crippen LogP contribution in [0.3, 0.4) is 0 Å². The first-order valence-corrected chi connectivity index (χ1v) is 6.41. The summed E-state index contributed by atoms with van der Waals surface area (Å²) in [4.78, 5) is 0. The third kappa shape index (κ3) is 3.99. The number of benzene rings is 2. The van der Waals surface area contributed by atoms with Crippen molar-refractivity contribution in [1.29, 1.82) is 0 Å². The minimum absolute atomic E-state index is 0.120. The quantitative estimate of drug-likeness (QED) is 0.762. The lowest BCUT2D eigenvalue weighted by Gasteiger charge is -2.12. The third-order valence-electron chi connectivity index (χ3n) is 3.03. The second-order valence-electron chi connectivity index (χ2n) is 4.47. The van der Waals surface area contributed by atoms with Gasteiger partial charge in [-0.1, -0.05) is 60.7 Å². The molecule has 0 aliphatic carbocycles. The van der Waals surface area contributed by atoms with E-state index in [9.17, 15) is 0 Å². The van der Waals surface area contributed by atoms with E-state index in [2.05, 4.69) is 41.7 Å². The minimum Gasteiger partial charge on any atom is -0.324 e. The molecule has 2 aromatic rings. The maximum atomic E-state index is 6.13. The smallest absolute Gasteiger partial charge is 0.0306 e. The summed E-state index contributed by atoms with van der Waals surface area (Å²) in [6.07, 6.45) is 0.955. The molecule has 2 aromatic carbocycles. The number of hydrogen-bond acceptors (Lipinski definition) is 2. The van der Waals surface area contributed by atoms with Crippen molar-refractivity contribution in [1.82, 2.24) is 5.32 Å². The van der Waals surface area contributed by atoms with Crippen molar-refractivity contribution in [3.63, 3.8) is 0 Å². The highest BCUT2D eigenvalue weighted by Crippen LogP contribution is 2.12. The molecule has 2 heteroatoms. The normalized spacial score (nSPS) is 12.3. The van der Waals surface area contributed by atoms with E-state index >= 15 is 0 Å². The van der Waals surface area contributed by atoms with Crippen LogP contribution < -0.4 is 11.1 Å². The van der Waals surface area contributed by atoms with Gasteiger partial charge in [0.1, 0.15) is 0 Å². The number of nitrogens with two attached hydrogens (primary N) is 1. The molecular formula is C16H20N2.